The van der Waals surface area contributed by atoms with Gasteiger partial charge in [0.05, 0.1) is 5.60 Å². The average Bonchev–Trinajstić information content (AvgIpc) is 2.31. The molecule has 1 spiro atoms. The van der Waals surface area contributed by atoms with Crippen LogP contribution in [-0.2, 0) is 4.74 Å². The van der Waals surface area contributed by atoms with Gasteiger partial charge < -0.3 is 10.1 Å². The summed E-state index contributed by atoms with van der Waals surface area (Å²) in [5.74, 6) is 0. The van der Waals surface area contributed by atoms with Gasteiger partial charge in [-0.3, -0.25) is 0 Å². The van der Waals surface area contributed by atoms with E-state index in [4.69, 9.17) is 4.74 Å². The summed E-state index contributed by atoms with van der Waals surface area (Å²) in [6.45, 7) is 3.02. The molecule has 1 N–H and O–H groups in total. The van der Waals surface area contributed by atoms with Crippen molar-refractivity contribution in [1.82, 2.24) is 0 Å². The molecule has 0 radical (unpaired) electrons. The van der Waals surface area contributed by atoms with E-state index < -0.39 is 0 Å². The summed E-state index contributed by atoms with van der Waals surface area (Å²) in [7, 11) is 0. The lowest BCUT2D eigenvalue weighted by Gasteiger charge is -2.47. The Morgan fingerprint density at radius 1 is 1.39 bits per heavy atom. The maximum absolute atomic E-state index is 5.97. The third-order valence-electron chi connectivity index (χ3n) is 4.24. The van der Waals surface area contributed by atoms with Gasteiger partial charge in [0.2, 0.25) is 0 Å². The van der Waals surface area contributed by atoms with Crippen molar-refractivity contribution in [2.75, 3.05) is 11.9 Å². The van der Waals surface area contributed by atoms with Crippen LogP contribution in [0.3, 0.4) is 0 Å². The summed E-state index contributed by atoms with van der Waals surface area (Å²) in [4.78, 5) is 0. The van der Waals surface area contributed by atoms with Crippen LogP contribution in [0.15, 0.2) is 22.7 Å². The standard InChI is InChI=1S/C15H20BrNO/c1-11-3-4-14(13(16)9-11)17-12-5-8-18-15(10-12)6-2-7-15/h3-4,9,12,17H,2,5-8,10H2,1H3. The summed E-state index contributed by atoms with van der Waals surface area (Å²) in [5.41, 5.74) is 2.71. The molecule has 3 heteroatoms. The summed E-state index contributed by atoms with van der Waals surface area (Å²) in [6.07, 6.45) is 6.11. The highest BCUT2D eigenvalue weighted by molar-refractivity contribution is 9.10. The molecule has 18 heavy (non-hydrogen) atoms. The van der Waals surface area contributed by atoms with Crippen LogP contribution in [0, 0.1) is 6.92 Å². The van der Waals surface area contributed by atoms with Crippen molar-refractivity contribution in [2.45, 2.75) is 50.7 Å². The maximum atomic E-state index is 5.97. The van der Waals surface area contributed by atoms with Crippen LogP contribution in [0.25, 0.3) is 0 Å². The van der Waals surface area contributed by atoms with Crippen molar-refractivity contribution >= 4 is 21.6 Å². The van der Waals surface area contributed by atoms with Crippen LogP contribution in [0.2, 0.25) is 0 Å². The molecule has 1 atom stereocenters. The quantitative estimate of drug-likeness (QED) is 0.881. The molecule has 0 amide bonds. The monoisotopic (exact) mass is 309 g/mol. The fourth-order valence-corrected chi connectivity index (χ4v) is 3.64. The average molecular weight is 310 g/mol. The fraction of sp³-hybridized carbons (Fsp3) is 0.600. The number of hydrogen-bond acceptors (Lipinski definition) is 2. The van der Waals surface area contributed by atoms with Crippen LogP contribution in [0.4, 0.5) is 5.69 Å². The Morgan fingerprint density at radius 2 is 2.22 bits per heavy atom. The highest BCUT2D eigenvalue weighted by Crippen LogP contribution is 2.43. The first kappa shape index (κ1) is 12.5. The van der Waals surface area contributed by atoms with Gasteiger partial charge in [0, 0.05) is 22.8 Å². The van der Waals surface area contributed by atoms with Crippen LogP contribution in [-0.4, -0.2) is 18.2 Å². The van der Waals surface area contributed by atoms with Crippen molar-refractivity contribution in [2.24, 2.45) is 0 Å². The highest BCUT2D eigenvalue weighted by atomic mass is 79.9. The first-order chi connectivity index (χ1) is 8.67. The van der Waals surface area contributed by atoms with Crippen LogP contribution in [0.5, 0.6) is 0 Å². The number of hydrogen-bond donors (Lipinski definition) is 1. The molecular formula is C15H20BrNO. The van der Waals surface area contributed by atoms with E-state index in [1.807, 2.05) is 0 Å². The SMILES string of the molecule is Cc1ccc(NC2CCOC3(CCC3)C2)c(Br)c1. The minimum Gasteiger partial charge on any atom is -0.381 e. The number of halogens is 1. The Labute approximate surface area is 117 Å². The lowest BCUT2D eigenvalue weighted by atomic mass is 9.74. The third kappa shape index (κ3) is 2.43. The van der Waals surface area contributed by atoms with Crippen molar-refractivity contribution in [3.63, 3.8) is 0 Å². The van der Waals surface area contributed by atoms with Crippen LogP contribution < -0.4 is 5.32 Å². The predicted molar refractivity (Wildman–Crippen MR) is 78.1 cm³/mol. The molecule has 0 bridgehead atoms. The molecular weight excluding hydrogens is 290 g/mol. The van der Waals surface area contributed by atoms with Crippen molar-refractivity contribution in [3.05, 3.63) is 28.2 Å². The second kappa shape index (κ2) is 4.86. The van der Waals surface area contributed by atoms with Crippen molar-refractivity contribution < 1.29 is 4.74 Å². The van der Waals surface area contributed by atoms with Gasteiger partial charge in [0.25, 0.3) is 0 Å². The van der Waals surface area contributed by atoms with Crippen molar-refractivity contribution in [3.8, 4) is 0 Å². The third-order valence-corrected chi connectivity index (χ3v) is 4.90. The molecule has 1 saturated carbocycles. The Hall–Kier alpha value is -0.540. The van der Waals surface area contributed by atoms with Crippen molar-refractivity contribution in [1.29, 1.82) is 0 Å². The Morgan fingerprint density at radius 3 is 2.89 bits per heavy atom. The Kier molecular flexibility index (Phi) is 3.37. The molecule has 1 aromatic rings. The normalized spacial score (nSPS) is 25.8. The molecule has 1 saturated heterocycles. The molecule has 2 fully saturated rings. The van der Waals surface area contributed by atoms with E-state index in [9.17, 15) is 0 Å². The first-order valence-electron chi connectivity index (χ1n) is 6.84. The maximum Gasteiger partial charge on any atom is 0.0702 e. The Bertz CT molecular complexity index is 442. The molecule has 2 aliphatic rings. The smallest absolute Gasteiger partial charge is 0.0702 e. The Balaban J connectivity index is 1.68. The summed E-state index contributed by atoms with van der Waals surface area (Å²) in [5, 5.41) is 3.67. The van der Waals surface area contributed by atoms with Gasteiger partial charge in [-0.15, -0.1) is 0 Å². The summed E-state index contributed by atoms with van der Waals surface area (Å²) in [6, 6.07) is 7.05. The summed E-state index contributed by atoms with van der Waals surface area (Å²) < 4.78 is 7.13. The molecule has 1 aromatic carbocycles. The topological polar surface area (TPSA) is 21.3 Å². The minimum atomic E-state index is 0.215. The van der Waals surface area contributed by atoms with Crippen LogP contribution in [0.1, 0.15) is 37.7 Å². The zero-order valence-corrected chi connectivity index (χ0v) is 12.4. The number of aryl methyl sites for hydroxylation is 1. The molecule has 0 aromatic heterocycles. The van der Waals surface area contributed by atoms with Gasteiger partial charge >= 0.3 is 0 Å². The lowest BCUT2D eigenvalue weighted by molar-refractivity contribution is -0.130. The molecule has 1 aliphatic heterocycles. The number of ether oxygens (including phenoxy) is 1. The number of rotatable bonds is 2. The van der Waals surface area contributed by atoms with E-state index >= 15 is 0 Å². The van der Waals surface area contributed by atoms with E-state index in [0.717, 1.165) is 23.9 Å². The number of benzene rings is 1. The zero-order chi connectivity index (χ0) is 12.6. The second-order valence-corrected chi connectivity index (χ2v) is 6.56. The van der Waals surface area contributed by atoms with E-state index in [0.29, 0.717) is 6.04 Å². The van der Waals surface area contributed by atoms with Crippen LogP contribution >= 0.6 is 15.9 Å². The van der Waals surface area contributed by atoms with Gasteiger partial charge in [0.15, 0.2) is 0 Å². The van der Waals surface area contributed by atoms with Gasteiger partial charge in [0.1, 0.15) is 0 Å². The van der Waals surface area contributed by atoms with Gasteiger partial charge in [-0.2, -0.15) is 0 Å². The highest BCUT2D eigenvalue weighted by Gasteiger charge is 2.42. The number of anilines is 1. The van der Waals surface area contributed by atoms with E-state index in [-0.39, 0.29) is 5.60 Å². The molecule has 1 heterocycles. The minimum absolute atomic E-state index is 0.215. The first-order valence-corrected chi connectivity index (χ1v) is 7.63. The predicted octanol–water partition coefficient (Wildman–Crippen LogP) is 4.27. The zero-order valence-electron chi connectivity index (χ0n) is 10.8. The second-order valence-electron chi connectivity index (χ2n) is 5.70. The van der Waals surface area contributed by atoms with Gasteiger partial charge in [-0.1, -0.05) is 6.07 Å². The summed E-state index contributed by atoms with van der Waals surface area (Å²) >= 11 is 3.64. The molecule has 98 valence electrons. The lowest BCUT2D eigenvalue weighted by Crippen LogP contribution is -2.49. The molecule has 3 rings (SSSR count). The van der Waals surface area contributed by atoms with Gasteiger partial charge in [-0.05, 0) is 72.7 Å². The molecule has 2 nitrogen and oxygen atoms in total. The van der Waals surface area contributed by atoms with E-state index in [2.05, 4.69) is 46.4 Å². The largest absolute Gasteiger partial charge is 0.381 e. The van der Waals surface area contributed by atoms with E-state index in [1.165, 1.54) is 30.5 Å². The fourth-order valence-electron chi connectivity index (χ4n) is 3.03. The van der Waals surface area contributed by atoms with E-state index in [1.54, 1.807) is 0 Å². The van der Waals surface area contributed by atoms with Gasteiger partial charge in [-0.25, -0.2) is 0 Å². The molecule has 1 aliphatic carbocycles. The molecule has 1 unspecified atom stereocenters. The number of nitrogens with one attached hydrogen (secondary N) is 1.